The largest absolute Gasteiger partial charge is 0.483 e. The number of carbonyl (C=O) groups excluding carboxylic acids is 1. The van der Waals surface area contributed by atoms with E-state index >= 15 is 0 Å². The first-order valence-corrected chi connectivity index (χ1v) is 11.3. The molecule has 1 saturated heterocycles. The second kappa shape index (κ2) is 10.5. The third-order valence-corrected chi connectivity index (χ3v) is 5.75. The molecule has 2 fully saturated rings. The van der Waals surface area contributed by atoms with E-state index in [0.717, 1.165) is 31.4 Å². The van der Waals surface area contributed by atoms with Crippen LogP contribution in [-0.2, 0) is 17.3 Å². The summed E-state index contributed by atoms with van der Waals surface area (Å²) in [6.45, 7) is 2.68. The number of amides is 2. The van der Waals surface area contributed by atoms with E-state index in [0.29, 0.717) is 37.8 Å². The quantitative estimate of drug-likeness (QED) is 0.612. The highest BCUT2D eigenvalue weighted by molar-refractivity contribution is 5.91. The molecule has 1 aromatic heterocycles. The first kappa shape index (κ1) is 24.1. The van der Waals surface area contributed by atoms with Gasteiger partial charge in [-0.15, -0.1) is 0 Å². The van der Waals surface area contributed by atoms with Crippen LogP contribution >= 0.6 is 0 Å². The Hall–Kier alpha value is -3.08. The molecule has 4 rings (SSSR count). The molecule has 1 aromatic carbocycles. The summed E-state index contributed by atoms with van der Waals surface area (Å²) >= 11 is 0. The van der Waals surface area contributed by atoms with Gasteiger partial charge in [0.2, 0.25) is 5.88 Å². The summed E-state index contributed by atoms with van der Waals surface area (Å²) in [6, 6.07) is 4.05. The molecule has 8 nitrogen and oxygen atoms in total. The molecule has 0 radical (unpaired) electrons. The van der Waals surface area contributed by atoms with Crippen LogP contribution in [-0.4, -0.2) is 47.5 Å². The maximum atomic E-state index is 13.2. The zero-order valence-corrected chi connectivity index (χ0v) is 18.7. The molecule has 2 amide bonds. The van der Waals surface area contributed by atoms with E-state index in [4.69, 9.17) is 14.2 Å². The highest BCUT2D eigenvalue weighted by Crippen LogP contribution is 2.36. The van der Waals surface area contributed by atoms with Gasteiger partial charge in [0.15, 0.2) is 0 Å². The summed E-state index contributed by atoms with van der Waals surface area (Å²) in [5, 5.41) is 5.37. The molecule has 34 heavy (non-hydrogen) atoms. The lowest BCUT2D eigenvalue weighted by Crippen LogP contribution is -2.42. The standard InChI is InChI=1S/C23H27F3N4O4/c1-2-20-27-10-9-21(30-20)34-16-6-4-15(5-7-16)28-22(31)29-18-11-14(23(24,25)26)3-8-19(18)33-17-12-32-13-17/h3,8-11,15-17H,2,4-7,12-13H2,1H3,(H2,28,29,31). The number of hydrogen-bond acceptors (Lipinski definition) is 6. The van der Waals surface area contributed by atoms with E-state index in [1.165, 1.54) is 6.07 Å². The molecule has 2 N–H and O–H groups in total. The number of aryl methyl sites for hydroxylation is 1. The average Bonchev–Trinajstić information content (AvgIpc) is 2.77. The summed E-state index contributed by atoms with van der Waals surface area (Å²) in [4.78, 5) is 21.1. The van der Waals surface area contributed by atoms with Crippen molar-refractivity contribution in [3.8, 4) is 11.6 Å². The minimum Gasteiger partial charge on any atom is -0.483 e. The van der Waals surface area contributed by atoms with E-state index in [-0.39, 0.29) is 29.7 Å². The van der Waals surface area contributed by atoms with Gasteiger partial charge < -0.3 is 24.8 Å². The third-order valence-electron chi connectivity index (χ3n) is 5.75. The molecule has 0 atom stereocenters. The molecule has 1 aliphatic carbocycles. The highest BCUT2D eigenvalue weighted by Gasteiger charge is 2.32. The number of carbonyl (C=O) groups is 1. The summed E-state index contributed by atoms with van der Waals surface area (Å²) in [5.41, 5.74) is -0.902. The van der Waals surface area contributed by atoms with Crippen LogP contribution in [0.4, 0.5) is 23.7 Å². The summed E-state index contributed by atoms with van der Waals surface area (Å²) in [6.07, 6.45) is 0.368. The lowest BCUT2D eigenvalue weighted by atomic mass is 9.93. The molecule has 2 aliphatic rings. The van der Waals surface area contributed by atoms with Crippen molar-refractivity contribution in [2.45, 2.75) is 63.5 Å². The van der Waals surface area contributed by atoms with Crippen LogP contribution < -0.4 is 20.1 Å². The number of aromatic nitrogens is 2. The van der Waals surface area contributed by atoms with Crippen LogP contribution in [0.25, 0.3) is 0 Å². The van der Waals surface area contributed by atoms with Crippen LogP contribution in [0, 0.1) is 0 Å². The summed E-state index contributed by atoms with van der Waals surface area (Å²) in [5.74, 6) is 1.42. The minimum atomic E-state index is -4.54. The third kappa shape index (κ3) is 6.28. The van der Waals surface area contributed by atoms with Gasteiger partial charge in [-0.05, 0) is 43.9 Å². The smallest absolute Gasteiger partial charge is 0.416 e. The van der Waals surface area contributed by atoms with Gasteiger partial charge in [-0.1, -0.05) is 6.92 Å². The molecule has 0 unspecified atom stereocenters. The number of urea groups is 1. The van der Waals surface area contributed by atoms with Crippen LogP contribution in [0.3, 0.4) is 0 Å². The molecule has 11 heteroatoms. The molecule has 2 heterocycles. The monoisotopic (exact) mass is 480 g/mol. The number of nitrogens with zero attached hydrogens (tertiary/aromatic N) is 2. The number of benzene rings is 1. The fraction of sp³-hybridized carbons (Fsp3) is 0.522. The molecule has 2 aromatic rings. The average molecular weight is 480 g/mol. The van der Waals surface area contributed by atoms with Crippen LogP contribution in [0.15, 0.2) is 30.5 Å². The Morgan fingerprint density at radius 1 is 1.12 bits per heavy atom. The van der Waals surface area contributed by atoms with E-state index in [1.54, 1.807) is 12.3 Å². The van der Waals surface area contributed by atoms with E-state index in [1.807, 2.05) is 6.92 Å². The topological polar surface area (TPSA) is 94.6 Å². The number of ether oxygens (including phenoxy) is 3. The van der Waals surface area contributed by atoms with Crippen molar-refractivity contribution in [1.82, 2.24) is 15.3 Å². The predicted molar refractivity (Wildman–Crippen MR) is 117 cm³/mol. The number of anilines is 1. The van der Waals surface area contributed by atoms with Crippen molar-refractivity contribution in [2.24, 2.45) is 0 Å². The number of nitrogens with one attached hydrogen (secondary N) is 2. The minimum absolute atomic E-state index is 0.0196. The fourth-order valence-electron chi connectivity index (χ4n) is 3.82. The van der Waals surface area contributed by atoms with Crippen molar-refractivity contribution in [1.29, 1.82) is 0 Å². The number of rotatable bonds is 7. The van der Waals surface area contributed by atoms with Gasteiger partial charge in [-0.2, -0.15) is 18.2 Å². The zero-order chi connectivity index (χ0) is 24.1. The highest BCUT2D eigenvalue weighted by atomic mass is 19.4. The van der Waals surface area contributed by atoms with Gasteiger partial charge >= 0.3 is 12.2 Å². The van der Waals surface area contributed by atoms with E-state index in [2.05, 4.69) is 20.6 Å². The Kier molecular flexibility index (Phi) is 7.40. The normalized spacial score (nSPS) is 20.8. The Morgan fingerprint density at radius 3 is 2.53 bits per heavy atom. The zero-order valence-electron chi connectivity index (χ0n) is 18.7. The van der Waals surface area contributed by atoms with Gasteiger partial charge in [0, 0.05) is 24.7 Å². The second-order valence-electron chi connectivity index (χ2n) is 8.34. The lowest BCUT2D eigenvalue weighted by Gasteiger charge is -2.30. The van der Waals surface area contributed by atoms with Crippen molar-refractivity contribution < 1.29 is 32.2 Å². The first-order valence-electron chi connectivity index (χ1n) is 11.3. The van der Waals surface area contributed by atoms with Crippen molar-refractivity contribution in [3.05, 3.63) is 41.9 Å². The maximum absolute atomic E-state index is 13.2. The van der Waals surface area contributed by atoms with E-state index < -0.39 is 17.8 Å². The molecular weight excluding hydrogens is 453 g/mol. The van der Waals surface area contributed by atoms with Gasteiger partial charge in [-0.25, -0.2) is 9.78 Å². The SMILES string of the molecule is CCc1nccc(OC2CCC(NC(=O)Nc3cc(C(F)(F)F)ccc3OC3COC3)CC2)n1. The fourth-order valence-corrected chi connectivity index (χ4v) is 3.82. The number of hydrogen-bond donors (Lipinski definition) is 2. The molecule has 0 bridgehead atoms. The molecule has 1 aliphatic heterocycles. The van der Waals surface area contributed by atoms with Gasteiger partial charge in [0.05, 0.1) is 24.5 Å². The predicted octanol–water partition coefficient (Wildman–Crippen LogP) is 4.35. The van der Waals surface area contributed by atoms with Crippen molar-refractivity contribution >= 4 is 11.7 Å². The Morgan fingerprint density at radius 2 is 1.88 bits per heavy atom. The van der Waals surface area contributed by atoms with Crippen LogP contribution in [0.2, 0.25) is 0 Å². The van der Waals surface area contributed by atoms with Gasteiger partial charge in [0.25, 0.3) is 0 Å². The molecule has 0 spiro atoms. The summed E-state index contributed by atoms with van der Waals surface area (Å²) < 4.78 is 56.2. The van der Waals surface area contributed by atoms with Crippen LogP contribution in [0.5, 0.6) is 11.6 Å². The number of halogens is 3. The Labute approximate surface area is 195 Å². The van der Waals surface area contributed by atoms with Gasteiger partial charge in [-0.3, -0.25) is 0 Å². The van der Waals surface area contributed by atoms with Crippen molar-refractivity contribution in [3.63, 3.8) is 0 Å². The Balaban J connectivity index is 1.32. The lowest BCUT2D eigenvalue weighted by molar-refractivity contribution is -0.137. The second-order valence-corrected chi connectivity index (χ2v) is 8.34. The summed E-state index contributed by atoms with van der Waals surface area (Å²) in [7, 11) is 0. The molecule has 1 saturated carbocycles. The van der Waals surface area contributed by atoms with E-state index in [9.17, 15) is 18.0 Å². The molecular formula is C23H27F3N4O4. The molecule has 184 valence electrons. The Bertz CT molecular complexity index is 992. The van der Waals surface area contributed by atoms with Crippen molar-refractivity contribution in [2.75, 3.05) is 18.5 Å². The number of alkyl halides is 3. The van der Waals surface area contributed by atoms with Crippen LogP contribution in [0.1, 0.15) is 44.0 Å². The maximum Gasteiger partial charge on any atom is 0.416 e. The first-order chi connectivity index (χ1) is 16.3. The van der Waals surface area contributed by atoms with Gasteiger partial charge in [0.1, 0.15) is 23.8 Å².